The van der Waals surface area contributed by atoms with Crippen LogP contribution in [-0.2, 0) is 20.5 Å². The van der Waals surface area contributed by atoms with Crippen molar-refractivity contribution in [3.05, 3.63) is 33.9 Å². The van der Waals surface area contributed by atoms with Gasteiger partial charge in [0, 0.05) is 18.6 Å². The molecule has 0 radical (unpaired) electrons. The number of carbonyl (C=O) groups is 2. The molecule has 1 saturated carbocycles. The number of carbonyl (C=O) groups excluding carboxylic acids is 2. The summed E-state index contributed by atoms with van der Waals surface area (Å²) in [5.74, 6) is -1.07. The molecule has 2 rings (SSSR count). The zero-order valence-electron chi connectivity index (χ0n) is 14.4. The van der Waals surface area contributed by atoms with Crippen molar-refractivity contribution >= 4 is 23.3 Å². The van der Waals surface area contributed by atoms with E-state index in [0.717, 1.165) is 37.8 Å². The first-order valence-corrected chi connectivity index (χ1v) is 8.48. The topological polar surface area (TPSA) is 98.5 Å². The van der Waals surface area contributed by atoms with Crippen LogP contribution < -0.4 is 5.32 Å². The van der Waals surface area contributed by atoms with E-state index in [-0.39, 0.29) is 6.42 Å². The maximum absolute atomic E-state index is 13.0. The van der Waals surface area contributed by atoms with Gasteiger partial charge in [0.1, 0.15) is 0 Å². The third kappa shape index (κ3) is 6.22. The summed E-state index contributed by atoms with van der Waals surface area (Å²) in [6.07, 6.45) is 0.330. The number of nitrogens with one attached hydrogen (secondary N) is 1. The van der Waals surface area contributed by atoms with E-state index in [9.17, 15) is 32.9 Å². The quantitative estimate of drug-likeness (QED) is 0.431. The summed E-state index contributed by atoms with van der Waals surface area (Å²) in [5, 5.41) is 12.6. The summed E-state index contributed by atoms with van der Waals surface area (Å²) in [6.45, 7) is -0.724. The standard InChI is InChI=1S/C17H19F3N2O5/c18-17(19,20)13-9-12(22(25)26)6-7-14(13)21-15(23)10-27-16(24)8-5-11-3-1-2-4-11/h6-7,9,11H,1-5,8,10H2,(H,21,23). The molecular weight excluding hydrogens is 369 g/mol. The number of nitro benzene ring substituents is 1. The highest BCUT2D eigenvalue weighted by molar-refractivity contribution is 5.93. The van der Waals surface area contributed by atoms with E-state index < -0.39 is 46.5 Å². The summed E-state index contributed by atoms with van der Waals surface area (Å²) in [6, 6.07) is 1.97. The molecule has 0 unspecified atom stereocenters. The Balaban J connectivity index is 1.90. The van der Waals surface area contributed by atoms with Crippen LogP contribution in [0.3, 0.4) is 0 Å². The third-order valence-electron chi connectivity index (χ3n) is 4.39. The van der Waals surface area contributed by atoms with E-state index in [2.05, 4.69) is 0 Å². The van der Waals surface area contributed by atoms with Crippen LogP contribution >= 0.6 is 0 Å². The average molecular weight is 388 g/mol. The monoisotopic (exact) mass is 388 g/mol. The molecule has 1 aliphatic rings. The highest BCUT2D eigenvalue weighted by Gasteiger charge is 2.35. The van der Waals surface area contributed by atoms with Gasteiger partial charge in [-0.15, -0.1) is 0 Å². The minimum Gasteiger partial charge on any atom is -0.456 e. The fourth-order valence-corrected chi connectivity index (χ4v) is 3.01. The zero-order chi connectivity index (χ0) is 20.0. The summed E-state index contributed by atoms with van der Waals surface area (Å²) < 4.78 is 43.9. The molecule has 0 bridgehead atoms. The number of hydrogen-bond donors (Lipinski definition) is 1. The van der Waals surface area contributed by atoms with Gasteiger partial charge >= 0.3 is 12.1 Å². The Labute approximate surface area is 153 Å². The number of nitrogens with zero attached hydrogens (tertiary/aromatic N) is 1. The first-order chi connectivity index (χ1) is 12.7. The fourth-order valence-electron chi connectivity index (χ4n) is 3.01. The van der Waals surface area contributed by atoms with Gasteiger partial charge in [0.25, 0.3) is 11.6 Å². The Morgan fingerprint density at radius 1 is 1.26 bits per heavy atom. The fraction of sp³-hybridized carbons (Fsp3) is 0.529. The molecule has 27 heavy (non-hydrogen) atoms. The van der Waals surface area contributed by atoms with Gasteiger partial charge in [0.2, 0.25) is 0 Å². The van der Waals surface area contributed by atoms with Crippen molar-refractivity contribution in [1.82, 2.24) is 0 Å². The van der Waals surface area contributed by atoms with Crippen LogP contribution in [0.15, 0.2) is 18.2 Å². The summed E-state index contributed by atoms with van der Waals surface area (Å²) >= 11 is 0. The van der Waals surface area contributed by atoms with Crippen molar-refractivity contribution in [2.45, 2.75) is 44.7 Å². The maximum atomic E-state index is 13.0. The summed E-state index contributed by atoms with van der Waals surface area (Å²) in [5.41, 5.74) is -2.74. The van der Waals surface area contributed by atoms with Crippen LogP contribution in [0.5, 0.6) is 0 Å². The molecule has 10 heteroatoms. The van der Waals surface area contributed by atoms with Crippen LogP contribution in [0.4, 0.5) is 24.5 Å². The Kier molecular flexibility index (Phi) is 6.75. The number of rotatable bonds is 7. The van der Waals surface area contributed by atoms with Gasteiger partial charge in [-0.05, 0) is 18.4 Å². The Hall–Kier alpha value is -2.65. The van der Waals surface area contributed by atoms with Crippen LogP contribution in [0.2, 0.25) is 0 Å². The molecule has 0 saturated heterocycles. The third-order valence-corrected chi connectivity index (χ3v) is 4.39. The first kappa shape index (κ1) is 20.7. The predicted octanol–water partition coefficient (Wildman–Crippen LogP) is 4.07. The van der Waals surface area contributed by atoms with Gasteiger partial charge < -0.3 is 10.1 Å². The lowest BCUT2D eigenvalue weighted by molar-refractivity contribution is -0.385. The molecule has 0 spiro atoms. The van der Waals surface area contributed by atoms with Crippen molar-refractivity contribution in [3.63, 3.8) is 0 Å². The van der Waals surface area contributed by atoms with Crippen molar-refractivity contribution in [2.24, 2.45) is 5.92 Å². The molecule has 0 aliphatic heterocycles. The molecule has 1 N–H and O–H groups in total. The van der Waals surface area contributed by atoms with E-state index in [1.807, 2.05) is 5.32 Å². The van der Waals surface area contributed by atoms with Crippen molar-refractivity contribution < 1.29 is 32.4 Å². The van der Waals surface area contributed by atoms with E-state index in [4.69, 9.17) is 4.74 Å². The molecule has 1 fully saturated rings. The highest BCUT2D eigenvalue weighted by Crippen LogP contribution is 2.37. The lowest BCUT2D eigenvalue weighted by Crippen LogP contribution is -2.23. The molecule has 0 heterocycles. The number of halogens is 3. The first-order valence-electron chi connectivity index (χ1n) is 8.48. The zero-order valence-corrected chi connectivity index (χ0v) is 14.4. The lowest BCUT2D eigenvalue weighted by Gasteiger charge is -2.14. The minimum absolute atomic E-state index is 0.156. The van der Waals surface area contributed by atoms with Gasteiger partial charge in [-0.2, -0.15) is 13.2 Å². The molecule has 0 atom stereocenters. The van der Waals surface area contributed by atoms with Crippen LogP contribution in [0.1, 0.15) is 44.1 Å². The minimum atomic E-state index is -4.90. The molecule has 1 aliphatic carbocycles. The van der Waals surface area contributed by atoms with E-state index >= 15 is 0 Å². The van der Waals surface area contributed by atoms with Crippen molar-refractivity contribution in [1.29, 1.82) is 0 Å². The van der Waals surface area contributed by atoms with E-state index in [1.165, 1.54) is 0 Å². The average Bonchev–Trinajstić information content (AvgIpc) is 3.11. The molecule has 1 aromatic rings. The van der Waals surface area contributed by atoms with E-state index in [1.54, 1.807) is 0 Å². The number of amides is 1. The molecule has 0 aromatic heterocycles. The van der Waals surface area contributed by atoms with Crippen LogP contribution in [-0.4, -0.2) is 23.4 Å². The van der Waals surface area contributed by atoms with Gasteiger partial charge in [0.05, 0.1) is 16.2 Å². The summed E-state index contributed by atoms with van der Waals surface area (Å²) in [7, 11) is 0. The lowest BCUT2D eigenvalue weighted by atomic mass is 10.0. The second kappa shape index (κ2) is 8.83. The normalized spacial score (nSPS) is 14.8. The number of hydrogen-bond acceptors (Lipinski definition) is 5. The number of ether oxygens (including phenoxy) is 1. The largest absolute Gasteiger partial charge is 0.456 e. The second-order valence-electron chi connectivity index (χ2n) is 6.38. The van der Waals surface area contributed by atoms with E-state index in [0.29, 0.717) is 18.4 Å². The summed E-state index contributed by atoms with van der Waals surface area (Å²) in [4.78, 5) is 33.1. The molecule has 7 nitrogen and oxygen atoms in total. The highest BCUT2D eigenvalue weighted by atomic mass is 19.4. The van der Waals surface area contributed by atoms with Gasteiger partial charge in [-0.25, -0.2) is 0 Å². The Bertz CT molecular complexity index is 715. The van der Waals surface area contributed by atoms with Crippen LogP contribution in [0.25, 0.3) is 0 Å². The van der Waals surface area contributed by atoms with Crippen LogP contribution in [0, 0.1) is 16.0 Å². The van der Waals surface area contributed by atoms with Gasteiger partial charge in [0.15, 0.2) is 6.61 Å². The van der Waals surface area contributed by atoms with Gasteiger partial charge in [-0.3, -0.25) is 19.7 Å². The number of benzene rings is 1. The molecule has 148 valence electrons. The Morgan fingerprint density at radius 2 is 1.93 bits per heavy atom. The molecular formula is C17H19F3N2O5. The number of non-ortho nitro benzene ring substituents is 1. The van der Waals surface area contributed by atoms with Gasteiger partial charge in [-0.1, -0.05) is 25.7 Å². The predicted molar refractivity (Wildman–Crippen MR) is 88.9 cm³/mol. The number of alkyl halides is 3. The number of anilines is 1. The van der Waals surface area contributed by atoms with Crippen molar-refractivity contribution in [2.75, 3.05) is 11.9 Å². The molecule has 1 amide bonds. The maximum Gasteiger partial charge on any atom is 0.418 e. The van der Waals surface area contributed by atoms with Crippen molar-refractivity contribution in [3.8, 4) is 0 Å². The molecule has 1 aromatic carbocycles. The number of esters is 1. The smallest absolute Gasteiger partial charge is 0.418 e. The second-order valence-corrected chi connectivity index (χ2v) is 6.38. The number of nitro groups is 1. The Morgan fingerprint density at radius 3 is 2.52 bits per heavy atom. The SMILES string of the molecule is O=C(COC(=O)CCC1CCCC1)Nc1ccc([N+](=O)[O-])cc1C(F)(F)F.